The Labute approximate surface area is 191 Å². The third kappa shape index (κ3) is 4.23. The molecule has 174 valence electrons. The van der Waals surface area contributed by atoms with Crippen molar-refractivity contribution in [2.75, 3.05) is 6.54 Å². The zero-order valence-electron chi connectivity index (χ0n) is 19.0. The smallest absolute Gasteiger partial charge is 0.270 e. The molecule has 2 aromatic heterocycles. The van der Waals surface area contributed by atoms with Crippen LogP contribution in [-0.4, -0.2) is 54.6 Å². The van der Waals surface area contributed by atoms with Gasteiger partial charge >= 0.3 is 0 Å². The lowest BCUT2D eigenvalue weighted by Gasteiger charge is -2.17. The lowest BCUT2D eigenvalue weighted by molar-refractivity contribution is -0.125. The maximum Gasteiger partial charge on any atom is 0.270 e. The lowest BCUT2D eigenvalue weighted by atomic mass is 10.1. The van der Waals surface area contributed by atoms with Gasteiger partial charge in [0.1, 0.15) is 11.7 Å². The molecule has 0 bridgehead atoms. The Bertz CT molecular complexity index is 1240. The van der Waals surface area contributed by atoms with E-state index >= 15 is 0 Å². The summed E-state index contributed by atoms with van der Waals surface area (Å²) in [6, 6.07) is 1.73. The topological polar surface area (TPSA) is 133 Å². The first kappa shape index (κ1) is 22.6. The molecule has 0 radical (unpaired) electrons. The van der Waals surface area contributed by atoms with Crippen LogP contribution in [0.4, 0.5) is 0 Å². The van der Waals surface area contributed by atoms with Gasteiger partial charge in [-0.3, -0.25) is 19.0 Å². The van der Waals surface area contributed by atoms with Crippen LogP contribution >= 0.6 is 0 Å². The minimum absolute atomic E-state index is 0.0252. The van der Waals surface area contributed by atoms with Gasteiger partial charge in [-0.25, -0.2) is 0 Å². The molecule has 33 heavy (non-hydrogen) atoms. The van der Waals surface area contributed by atoms with Crippen molar-refractivity contribution in [3.63, 3.8) is 0 Å². The van der Waals surface area contributed by atoms with E-state index < -0.39 is 23.4 Å². The first-order chi connectivity index (χ1) is 15.7. The second-order valence-electron chi connectivity index (χ2n) is 9.14. The van der Waals surface area contributed by atoms with E-state index in [9.17, 15) is 24.8 Å². The molecule has 1 saturated carbocycles. The maximum absolute atomic E-state index is 13.3. The van der Waals surface area contributed by atoms with Crippen LogP contribution < -0.4 is 10.9 Å². The zero-order valence-corrected chi connectivity index (χ0v) is 19.0. The fraction of sp³-hybridized carbons (Fsp3) is 0.522. The predicted molar refractivity (Wildman–Crippen MR) is 121 cm³/mol. The number of carbonyl (C=O) groups excluding carboxylic acids is 2. The third-order valence-corrected chi connectivity index (χ3v) is 5.99. The van der Waals surface area contributed by atoms with E-state index in [2.05, 4.69) is 16.5 Å². The van der Waals surface area contributed by atoms with E-state index in [1.54, 1.807) is 13.0 Å². The normalized spacial score (nSPS) is 18.4. The van der Waals surface area contributed by atoms with E-state index in [1.165, 1.54) is 20.1 Å². The molecule has 3 heterocycles. The molecule has 0 spiro atoms. The quantitative estimate of drug-likeness (QED) is 0.640. The number of fused-ring (bicyclic) bond motifs is 1. The molecule has 10 heteroatoms. The van der Waals surface area contributed by atoms with Crippen LogP contribution in [0.25, 0.3) is 11.7 Å². The van der Waals surface area contributed by atoms with E-state index in [0.717, 1.165) is 19.3 Å². The van der Waals surface area contributed by atoms with Crippen molar-refractivity contribution < 1.29 is 14.7 Å². The summed E-state index contributed by atoms with van der Waals surface area (Å²) in [6.07, 6.45) is 6.06. The fourth-order valence-corrected chi connectivity index (χ4v) is 4.20. The number of nitriles is 1. The van der Waals surface area contributed by atoms with Crippen molar-refractivity contribution in [1.29, 1.82) is 5.26 Å². The average Bonchev–Trinajstić information content (AvgIpc) is 3.32. The highest BCUT2D eigenvalue weighted by molar-refractivity contribution is 5.97. The number of carbonyl (C=O) groups is 2. The Balaban J connectivity index is 1.82. The molecule has 1 atom stereocenters. The molecule has 2 aromatic rings. The Hall–Kier alpha value is -3.61. The lowest BCUT2D eigenvalue weighted by Crippen LogP contribution is -2.36. The van der Waals surface area contributed by atoms with Crippen LogP contribution in [0.5, 0.6) is 5.88 Å². The van der Waals surface area contributed by atoms with Crippen molar-refractivity contribution in [3.8, 4) is 11.9 Å². The molecule has 1 aliphatic carbocycles. The SMILES string of the molecule is Cc1nn2c(O)c(C(=O)NC3CC3)c(=O)n(CC(C)C)c2c1/C=C/C(=O)N1CCC[C@@H]1C#N. The Kier molecular flexibility index (Phi) is 5.97. The summed E-state index contributed by atoms with van der Waals surface area (Å²) in [5.41, 5.74) is 0.367. The maximum atomic E-state index is 13.3. The number of rotatable bonds is 6. The van der Waals surface area contributed by atoms with E-state index in [-0.39, 0.29) is 23.4 Å². The van der Waals surface area contributed by atoms with Gasteiger partial charge in [0.05, 0.1) is 11.8 Å². The van der Waals surface area contributed by atoms with Crippen LogP contribution in [-0.2, 0) is 11.3 Å². The van der Waals surface area contributed by atoms with Gasteiger partial charge in [0.2, 0.25) is 11.8 Å². The van der Waals surface area contributed by atoms with E-state index in [4.69, 9.17) is 0 Å². The molecule has 1 saturated heterocycles. The second kappa shape index (κ2) is 8.73. The number of amides is 2. The Morgan fingerprint density at radius 1 is 1.33 bits per heavy atom. The molecule has 4 rings (SSSR count). The highest BCUT2D eigenvalue weighted by atomic mass is 16.3. The molecular weight excluding hydrogens is 424 g/mol. The minimum atomic E-state index is -0.614. The summed E-state index contributed by atoms with van der Waals surface area (Å²) in [5, 5.41) is 27.2. The van der Waals surface area contributed by atoms with Crippen molar-refractivity contribution >= 4 is 23.5 Å². The molecule has 1 aliphatic heterocycles. The third-order valence-electron chi connectivity index (χ3n) is 5.99. The fourth-order valence-electron chi connectivity index (χ4n) is 4.20. The number of hydrogen-bond acceptors (Lipinski definition) is 6. The molecule has 2 aliphatic rings. The summed E-state index contributed by atoms with van der Waals surface area (Å²) in [7, 11) is 0. The Morgan fingerprint density at radius 2 is 2.06 bits per heavy atom. The van der Waals surface area contributed by atoms with Crippen LogP contribution in [0.3, 0.4) is 0 Å². The molecule has 2 amide bonds. The van der Waals surface area contributed by atoms with Gasteiger partial charge in [-0.05, 0) is 44.6 Å². The molecule has 2 fully saturated rings. The van der Waals surface area contributed by atoms with Crippen LogP contribution in [0.1, 0.15) is 61.1 Å². The second-order valence-corrected chi connectivity index (χ2v) is 9.14. The van der Waals surface area contributed by atoms with Crippen molar-refractivity contribution in [2.24, 2.45) is 5.92 Å². The number of nitrogens with one attached hydrogen (secondary N) is 1. The molecule has 0 unspecified atom stereocenters. The summed E-state index contributed by atoms with van der Waals surface area (Å²) in [5.74, 6) is -1.35. The van der Waals surface area contributed by atoms with Crippen LogP contribution in [0, 0.1) is 24.2 Å². The van der Waals surface area contributed by atoms with Gasteiger partial charge in [0.15, 0.2) is 5.56 Å². The van der Waals surface area contributed by atoms with Gasteiger partial charge in [0, 0.05) is 30.8 Å². The summed E-state index contributed by atoms with van der Waals surface area (Å²) >= 11 is 0. The molecular formula is C23H28N6O4. The minimum Gasteiger partial charge on any atom is -0.492 e. The molecule has 10 nitrogen and oxygen atoms in total. The highest BCUT2D eigenvalue weighted by Gasteiger charge is 2.31. The van der Waals surface area contributed by atoms with Gasteiger partial charge in [-0.15, -0.1) is 0 Å². The average molecular weight is 453 g/mol. The Morgan fingerprint density at radius 3 is 2.70 bits per heavy atom. The first-order valence-electron chi connectivity index (χ1n) is 11.3. The van der Waals surface area contributed by atoms with E-state index in [1.807, 2.05) is 13.8 Å². The summed E-state index contributed by atoms with van der Waals surface area (Å²) in [4.78, 5) is 40.3. The van der Waals surface area contributed by atoms with Gasteiger partial charge in [0.25, 0.3) is 11.5 Å². The predicted octanol–water partition coefficient (Wildman–Crippen LogP) is 1.59. The summed E-state index contributed by atoms with van der Waals surface area (Å²) < 4.78 is 2.63. The number of aryl methyl sites for hydroxylation is 1. The number of likely N-dealkylation sites (tertiary alicyclic amines) is 1. The number of hydrogen-bond donors (Lipinski definition) is 2. The van der Waals surface area contributed by atoms with Gasteiger partial charge in [-0.2, -0.15) is 14.9 Å². The number of aromatic nitrogens is 3. The van der Waals surface area contributed by atoms with Crippen molar-refractivity contribution in [2.45, 2.75) is 65.1 Å². The van der Waals surface area contributed by atoms with Crippen LogP contribution in [0.15, 0.2) is 10.9 Å². The van der Waals surface area contributed by atoms with Gasteiger partial charge < -0.3 is 15.3 Å². The standard InChI is InChI=1S/C23H28N6O4/c1-13(2)12-28-21-17(8-9-18(30)27-10-4-5-16(27)11-24)14(3)26-29(21)23(33)19(22(28)32)20(31)25-15-6-7-15/h8-9,13,15-16,33H,4-7,10,12H2,1-3H3,(H,25,31)/b9-8+/t16-/m1/s1. The molecule has 2 N–H and O–H groups in total. The largest absolute Gasteiger partial charge is 0.492 e. The first-order valence-corrected chi connectivity index (χ1v) is 11.3. The summed E-state index contributed by atoms with van der Waals surface area (Å²) in [6.45, 7) is 6.41. The van der Waals surface area contributed by atoms with Crippen LogP contribution in [0.2, 0.25) is 0 Å². The zero-order chi connectivity index (χ0) is 23.9. The van der Waals surface area contributed by atoms with Gasteiger partial charge in [-0.1, -0.05) is 13.8 Å². The number of aromatic hydroxyl groups is 1. The van der Waals surface area contributed by atoms with E-state index in [0.29, 0.717) is 36.4 Å². The highest BCUT2D eigenvalue weighted by Crippen LogP contribution is 2.26. The number of nitrogens with zero attached hydrogens (tertiary/aromatic N) is 5. The van der Waals surface area contributed by atoms with Crippen molar-refractivity contribution in [3.05, 3.63) is 33.3 Å². The van der Waals surface area contributed by atoms with Crippen molar-refractivity contribution in [1.82, 2.24) is 24.4 Å². The monoisotopic (exact) mass is 452 g/mol. The molecule has 0 aromatic carbocycles.